The highest BCUT2D eigenvalue weighted by Gasteiger charge is 1.96. The van der Waals surface area contributed by atoms with Gasteiger partial charge in [0.05, 0.1) is 0 Å². The molecule has 1 nitrogen and oxygen atoms in total. The first-order valence-corrected chi connectivity index (χ1v) is 6.66. The fraction of sp³-hybridized carbons (Fsp3) is 0.200. The van der Waals surface area contributed by atoms with Crippen molar-refractivity contribution in [3.8, 4) is 11.1 Å². The van der Waals surface area contributed by atoms with E-state index in [2.05, 4.69) is 65.9 Å². The Labute approximate surface area is 118 Å². The summed E-state index contributed by atoms with van der Waals surface area (Å²) in [6, 6.07) is 17.2. The second kappa shape index (κ2) is 7.45. The van der Waals surface area contributed by atoms with Gasteiger partial charge in [0, 0.05) is 22.9 Å². The van der Waals surface area contributed by atoms with Crippen molar-refractivity contribution in [1.82, 2.24) is 3.53 Å². The lowest BCUT2D eigenvalue weighted by Crippen LogP contribution is -1.79. The Bertz CT molecular complexity index is 449. The van der Waals surface area contributed by atoms with Gasteiger partial charge in [0.25, 0.3) is 0 Å². The van der Waals surface area contributed by atoms with Crippen molar-refractivity contribution >= 4 is 22.9 Å². The minimum atomic E-state index is 1.29. The molecule has 2 heteroatoms. The van der Waals surface area contributed by atoms with E-state index in [4.69, 9.17) is 0 Å². The molecule has 0 unspecified atom stereocenters. The second-order valence-electron chi connectivity index (χ2n) is 3.92. The molecular formula is C15H18IN. The monoisotopic (exact) mass is 339 g/mol. The molecule has 2 rings (SSSR count). The van der Waals surface area contributed by atoms with Gasteiger partial charge in [0.1, 0.15) is 0 Å². The molecule has 0 aliphatic carbocycles. The quantitative estimate of drug-likeness (QED) is 0.595. The molecule has 2 aromatic carbocycles. The van der Waals surface area contributed by atoms with Gasteiger partial charge in [0.15, 0.2) is 0 Å². The predicted molar refractivity (Wildman–Crippen MR) is 84.4 cm³/mol. The summed E-state index contributed by atoms with van der Waals surface area (Å²) < 4.78 is 2.72. The number of nitrogens with one attached hydrogen (secondary N) is 1. The summed E-state index contributed by atoms with van der Waals surface area (Å²) in [7, 11) is 1.86. The molecular weight excluding hydrogens is 321 g/mol. The summed E-state index contributed by atoms with van der Waals surface area (Å²) in [6.45, 7) is 4.23. The summed E-state index contributed by atoms with van der Waals surface area (Å²) in [5.74, 6) is 0. The van der Waals surface area contributed by atoms with Crippen LogP contribution < -0.4 is 3.53 Å². The molecule has 2 aromatic rings. The Kier molecular flexibility index (Phi) is 6.22. The predicted octanol–water partition coefficient (Wildman–Crippen LogP) is 4.53. The number of benzene rings is 2. The molecule has 1 N–H and O–H groups in total. The molecule has 0 fully saturated rings. The van der Waals surface area contributed by atoms with Crippen molar-refractivity contribution in [3.05, 3.63) is 59.7 Å². The van der Waals surface area contributed by atoms with E-state index in [-0.39, 0.29) is 0 Å². The van der Waals surface area contributed by atoms with Crippen molar-refractivity contribution in [2.75, 3.05) is 7.05 Å². The average molecular weight is 339 g/mol. The van der Waals surface area contributed by atoms with E-state index in [0.29, 0.717) is 0 Å². The number of hydrogen-bond acceptors (Lipinski definition) is 1. The van der Waals surface area contributed by atoms with Crippen molar-refractivity contribution in [2.24, 2.45) is 0 Å². The minimum absolute atomic E-state index is 1.29. The van der Waals surface area contributed by atoms with Crippen LogP contribution in [0.3, 0.4) is 0 Å². The zero-order chi connectivity index (χ0) is 12.7. The van der Waals surface area contributed by atoms with Crippen LogP contribution in [0.25, 0.3) is 11.1 Å². The van der Waals surface area contributed by atoms with Gasteiger partial charge in [-0.2, -0.15) is 0 Å². The number of hydrogen-bond donors (Lipinski definition) is 1. The number of halogens is 1. The highest BCUT2D eigenvalue weighted by molar-refractivity contribution is 14.1. The van der Waals surface area contributed by atoms with Gasteiger partial charge < -0.3 is 0 Å². The van der Waals surface area contributed by atoms with Crippen LogP contribution in [0.15, 0.2) is 48.5 Å². The van der Waals surface area contributed by atoms with E-state index >= 15 is 0 Å². The third kappa shape index (κ3) is 4.88. The summed E-state index contributed by atoms with van der Waals surface area (Å²) >= 11 is 2.04. The minimum Gasteiger partial charge on any atom is -0.264 e. The fourth-order valence-electron chi connectivity index (χ4n) is 1.57. The first-order chi connectivity index (χ1) is 8.17. The van der Waals surface area contributed by atoms with Crippen molar-refractivity contribution < 1.29 is 0 Å². The van der Waals surface area contributed by atoms with E-state index in [1.807, 2.05) is 29.9 Å². The molecule has 0 aliphatic rings. The second-order valence-corrected chi connectivity index (χ2v) is 5.00. The average Bonchev–Trinajstić information content (AvgIpc) is 2.31. The van der Waals surface area contributed by atoms with Gasteiger partial charge in [-0.25, -0.2) is 0 Å². The molecule has 0 heterocycles. The Morgan fingerprint density at radius 2 is 1.41 bits per heavy atom. The third-order valence-electron chi connectivity index (χ3n) is 2.40. The molecule has 0 bridgehead atoms. The maximum absolute atomic E-state index is 2.72. The van der Waals surface area contributed by atoms with E-state index < -0.39 is 0 Å². The molecule has 0 aromatic heterocycles. The van der Waals surface area contributed by atoms with Crippen LogP contribution in [-0.4, -0.2) is 7.05 Å². The van der Waals surface area contributed by atoms with E-state index in [0.717, 1.165) is 0 Å². The van der Waals surface area contributed by atoms with Gasteiger partial charge >= 0.3 is 0 Å². The van der Waals surface area contributed by atoms with Gasteiger partial charge in [-0.3, -0.25) is 3.53 Å². The zero-order valence-electron chi connectivity index (χ0n) is 10.5. The lowest BCUT2D eigenvalue weighted by atomic mass is 10.0. The fourth-order valence-corrected chi connectivity index (χ4v) is 1.57. The van der Waals surface area contributed by atoms with Gasteiger partial charge in [-0.05, 0) is 32.0 Å². The van der Waals surface area contributed by atoms with Crippen LogP contribution in [0, 0.1) is 13.8 Å². The highest BCUT2D eigenvalue weighted by atomic mass is 127. The number of aryl methyl sites for hydroxylation is 2. The lowest BCUT2D eigenvalue weighted by molar-refractivity contribution is 1.37. The van der Waals surface area contributed by atoms with Crippen molar-refractivity contribution in [2.45, 2.75) is 13.8 Å². The molecule has 0 aliphatic heterocycles. The van der Waals surface area contributed by atoms with Gasteiger partial charge in [-0.1, -0.05) is 59.7 Å². The maximum atomic E-state index is 2.72. The molecule has 0 spiro atoms. The first-order valence-electron chi connectivity index (χ1n) is 5.58. The van der Waals surface area contributed by atoms with E-state index in [1.54, 1.807) is 0 Å². The normalized spacial score (nSPS) is 9.41. The topological polar surface area (TPSA) is 12.0 Å². The summed E-state index contributed by atoms with van der Waals surface area (Å²) in [5, 5.41) is 0. The first kappa shape index (κ1) is 14.2. The van der Waals surface area contributed by atoms with Gasteiger partial charge in [0.2, 0.25) is 0 Å². The van der Waals surface area contributed by atoms with Gasteiger partial charge in [-0.15, -0.1) is 0 Å². The largest absolute Gasteiger partial charge is 0.264 e. The molecule has 0 amide bonds. The molecule has 0 saturated carbocycles. The SMILES string of the molecule is CNI.Cc1ccc(-c2cccc(C)c2)cc1. The molecule has 17 heavy (non-hydrogen) atoms. The van der Waals surface area contributed by atoms with Crippen LogP contribution >= 0.6 is 22.9 Å². The summed E-state index contributed by atoms with van der Waals surface area (Å²) in [4.78, 5) is 0. The van der Waals surface area contributed by atoms with Crippen LogP contribution in [0.2, 0.25) is 0 Å². The van der Waals surface area contributed by atoms with Crippen LogP contribution in [0.4, 0.5) is 0 Å². The summed E-state index contributed by atoms with van der Waals surface area (Å²) in [5.41, 5.74) is 5.20. The van der Waals surface area contributed by atoms with Crippen LogP contribution in [-0.2, 0) is 0 Å². The molecule has 0 atom stereocenters. The standard InChI is InChI=1S/C14H14.CH4IN/c1-11-6-8-13(9-7-11)14-5-3-4-12(2)10-14;1-3-2/h3-10H,1-2H3;3H,1H3. The van der Waals surface area contributed by atoms with Crippen LogP contribution in [0.1, 0.15) is 11.1 Å². The van der Waals surface area contributed by atoms with E-state index in [9.17, 15) is 0 Å². The smallest absolute Gasteiger partial charge is 0.0166 e. The number of rotatable bonds is 1. The molecule has 0 radical (unpaired) electrons. The lowest BCUT2D eigenvalue weighted by Gasteiger charge is -2.02. The maximum Gasteiger partial charge on any atom is 0.0166 e. The van der Waals surface area contributed by atoms with E-state index in [1.165, 1.54) is 22.3 Å². The third-order valence-corrected chi connectivity index (χ3v) is 2.40. The molecule has 0 saturated heterocycles. The highest BCUT2D eigenvalue weighted by Crippen LogP contribution is 2.20. The Hall–Kier alpha value is -0.870. The Balaban J connectivity index is 0.000000437. The Morgan fingerprint density at radius 3 is 1.94 bits per heavy atom. The van der Waals surface area contributed by atoms with Crippen molar-refractivity contribution in [1.29, 1.82) is 0 Å². The summed E-state index contributed by atoms with van der Waals surface area (Å²) in [6.07, 6.45) is 0. The molecule has 90 valence electrons. The van der Waals surface area contributed by atoms with Crippen LogP contribution in [0.5, 0.6) is 0 Å². The van der Waals surface area contributed by atoms with Crippen molar-refractivity contribution in [3.63, 3.8) is 0 Å². The zero-order valence-corrected chi connectivity index (χ0v) is 12.7. The Morgan fingerprint density at radius 1 is 0.824 bits per heavy atom.